The van der Waals surface area contributed by atoms with Crippen molar-refractivity contribution in [3.8, 4) is 11.8 Å². The highest BCUT2D eigenvalue weighted by Crippen LogP contribution is 2.38. The van der Waals surface area contributed by atoms with Crippen molar-refractivity contribution in [3.63, 3.8) is 0 Å². The van der Waals surface area contributed by atoms with Crippen molar-refractivity contribution < 1.29 is 9.47 Å². The fourth-order valence-electron chi connectivity index (χ4n) is 2.50. The average molecular weight is 347 g/mol. The molecule has 0 aliphatic heterocycles. The number of anilines is 2. The van der Waals surface area contributed by atoms with Gasteiger partial charge in [-0.25, -0.2) is 4.98 Å². The van der Waals surface area contributed by atoms with Gasteiger partial charge in [-0.2, -0.15) is 15.0 Å². The van der Waals surface area contributed by atoms with E-state index < -0.39 is 0 Å². The van der Waals surface area contributed by atoms with Gasteiger partial charge in [-0.1, -0.05) is 0 Å². The van der Waals surface area contributed by atoms with Gasteiger partial charge >= 0.3 is 0 Å². The molecule has 0 radical (unpaired) electrons. The minimum absolute atomic E-state index is 0.167. The number of imidazole rings is 1. The van der Waals surface area contributed by atoms with Gasteiger partial charge in [-0.05, 0) is 24.4 Å². The fraction of sp³-hybridized carbons (Fsp3) is 0.333. The fourth-order valence-corrected chi connectivity index (χ4v) is 2.66. The summed E-state index contributed by atoms with van der Waals surface area (Å²) in [5, 5.41) is 3.37. The van der Waals surface area contributed by atoms with E-state index in [-0.39, 0.29) is 5.28 Å². The lowest BCUT2D eigenvalue weighted by molar-refractivity contribution is 0.365. The Morgan fingerprint density at radius 2 is 1.83 bits per heavy atom. The molecule has 1 aliphatic carbocycles. The number of halogens is 1. The van der Waals surface area contributed by atoms with Crippen molar-refractivity contribution >= 4 is 34.3 Å². The number of ether oxygens (including phenoxy) is 2. The number of aromatic nitrogens is 5. The second-order valence-electron chi connectivity index (χ2n) is 5.46. The smallest absolute Gasteiger partial charge is 0.226 e. The van der Waals surface area contributed by atoms with Crippen LogP contribution < -0.4 is 14.8 Å². The summed E-state index contributed by atoms with van der Waals surface area (Å²) in [5.41, 5.74) is 2.10. The van der Waals surface area contributed by atoms with Gasteiger partial charge in [-0.15, -0.1) is 0 Å². The van der Waals surface area contributed by atoms with Crippen molar-refractivity contribution in [1.82, 2.24) is 24.5 Å². The van der Waals surface area contributed by atoms with Crippen LogP contribution in [-0.4, -0.2) is 38.7 Å². The first-order valence-corrected chi connectivity index (χ1v) is 7.83. The highest BCUT2D eigenvalue weighted by atomic mass is 35.5. The minimum atomic E-state index is 0.167. The van der Waals surface area contributed by atoms with E-state index in [1.807, 2.05) is 4.57 Å². The molecule has 8 nitrogen and oxygen atoms in total. The van der Waals surface area contributed by atoms with Gasteiger partial charge in [0.2, 0.25) is 17.0 Å². The molecule has 0 unspecified atom stereocenters. The maximum absolute atomic E-state index is 6.10. The van der Waals surface area contributed by atoms with Crippen molar-refractivity contribution in [2.75, 3.05) is 19.5 Å². The normalized spacial score (nSPS) is 14.0. The number of pyridine rings is 1. The second-order valence-corrected chi connectivity index (χ2v) is 5.80. The molecular weight excluding hydrogens is 332 g/mol. The number of rotatable bonds is 5. The van der Waals surface area contributed by atoms with Crippen LogP contribution in [0.3, 0.4) is 0 Å². The molecule has 4 rings (SSSR count). The van der Waals surface area contributed by atoms with Gasteiger partial charge in [0.25, 0.3) is 0 Å². The van der Waals surface area contributed by atoms with E-state index >= 15 is 0 Å². The molecule has 3 aromatic heterocycles. The Kier molecular flexibility index (Phi) is 3.61. The molecule has 3 heterocycles. The number of fused-ring (bicyclic) bond motifs is 1. The van der Waals surface area contributed by atoms with Crippen molar-refractivity contribution in [2.45, 2.75) is 18.9 Å². The minimum Gasteiger partial charge on any atom is -0.481 e. The zero-order valence-corrected chi connectivity index (χ0v) is 13.9. The summed E-state index contributed by atoms with van der Waals surface area (Å²) in [6.07, 6.45) is 4.05. The van der Waals surface area contributed by atoms with Gasteiger partial charge < -0.3 is 19.4 Å². The van der Waals surface area contributed by atoms with E-state index in [0.717, 1.165) is 18.5 Å². The molecule has 24 heavy (non-hydrogen) atoms. The molecule has 9 heteroatoms. The summed E-state index contributed by atoms with van der Waals surface area (Å²) in [7, 11) is 3.09. The number of hydrogen-bond donors (Lipinski definition) is 1. The van der Waals surface area contributed by atoms with Gasteiger partial charge in [-0.3, -0.25) is 0 Å². The van der Waals surface area contributed by atoms with Gasteiger partial charge in [0.15, 0.2) is 17.0 Å². The predicted octanol–water partition coefficient (Wildman–Crippen LogP) is 2.97. The molecule has 0 bridgehead atoms. The highest BCUT2D eigenvalue weighted by Gasteiger charge is 2.26. The third-order valence-corrected chi connectivity index (χ3v) is 3.96. The third kappa shape index (κ3) is 2.69. The van der Waals surface area contributed by atoms with Crippen LogP contribution in [0.15, 0.2) is 18.5 Å². The Labute approximate surface area is 142 Å². The molecule has 1 saturated carbocycles. The standard InChI is InChI=1S/C15H15ClN6O2/c1-23-10-5-8(6-11(19-10)24-2)18-13-12-14(21-15(16)20-13)22(7-17-12)9-3-4-9/h5-7,9H,3-4H2,1-2H3,(H,18,19,20,21). The molecule has 0 saturated heterocycles. The van der Waals surface area contributed by atoms with Crippen LogP contribution in [0.5, 0.6) is 11.8 Å². The molecule has 0 atom stereocenters. The van der Waals surface area contributed by atoms with Crippen LogP contribution in [0.2, 0.25) is 5.28 Å². The van der Waals surface area contributed by atoms with E-state index in [1.165, 1.54) is 0 Å². The number of nitrogens with zero attached hydrogens (tertiary/aromatic N) is 5. The molecule has 1 N–H and O–H groups in total. The van der Waals surface area contributed by atoms with Crippen LogP contribution >= 0.6 is 11.6 Å². The first-order valence-electron chi connectivity index (χ1n) is 7.45. The summed E-state index contributed by atoms with van der Waals surface area (Å²) in [6, 6.07) is 3.93. The summed E-state index contributed by atoms with van der Waals surface area (Å²) in [5.74, 6) is 1.38. The van der Waals surface area contributed by atoms with Crippen LogP contribution in [0.25, 0.3) is 11.2 Å². The quantitative estimate of drug-likeness (QED) is 0.710. The van der Waals surface area contributed by atoms with Crippen molar-refractivity contribution in [1.29, 1.82) is 0 Å². The number of hydrogen-bond acceptors (Lipinski definition) is 7. The summed E-state index contributed by atoms with van der Waals surface area (Å²) >= 11 is 6.10. The van der Waals surface area contributed by atoms with Crippen LogP contribution in [0.4, 0.5) is 11.5 Å². The first kappa shape index (κ1) is 14.9. The average Bonchev–Trinajstić information content (AvgIpc) is 3.34. The van der Waals surface area contributed by atoms with Gasteiger partial charge in [0.1, 0.15) is 0 Å². The molecule has 0 spiro atoms. The van der Waals surface area contributed by atoms with E-state index in [0.29, 0.717) is 34.8 Å². The molecule has 0 amide bonds. The maximum Gasteiger partial charge on any atom is 0.226 e. The van der Waals surface area contributed by atoms with Gasteiger partial charge in [0.05, 0.1) is 26.2 Å². The second kappa shape index (κ2) is 5.79. The Balaban J connectivity index is 1.77. The SMILES string of the molecule is COc1cc(Nc2nc(Cl)nc3c2ncn3C2CC2)cc(OC)n1. The maximum atomic E-state index is 6.10. The summed E-state index contributed by atoms with van der Waals surface area (Å²) in [6.45, 7) is 0. The molecule has 3 aromatic rings. The monoisotopic (exact) mass is 346 g/mol. The topological polar surface area (TPSA) is 87.0 Å². The van der Waals surface area contributed by atoms with Crippen molar-refractivity contribution in [2.24, 2.45) is 0 Å². The molecule has 124 valence electrons. The van der Waals surface area contributed by atoms with E-state index in [4.69, 9.17) is 21.1 Å². The lowest BCUT2D eigenvalue weighted by Gasteiger charge is -2.10. The third-order valence-electron chi connectivity index (χ3n) is 3.79. The predicted molar refractivity (Wildman–Crippen MR) is 89.2 cm³/mol. The number of nitrogens with one attached hydrogen (secondary N) is 1. The molecular formula is C15H15ClN6O2. The highest BCUT2D eigenvalue weighted by molar-refractivity contribution is 6.28. The van der Waals surface area contributed by atoms with E-state index in [9.17, 15) is 0 Å². The van der Waals surface area contributed by atoms with E-state index in [1.54, 1.807) is 32.7 Å². The largest absolute Gasteiger partial charge is 0.481 e. The lowest BCUT2D eigenvalue weighted by Crippen LogP contribution is -2.01. The Bertz CT molecular complexity index is 886. The van der Waals surface area contributed by atoms with Gasteiger partial charge in [0, 0.05) is 18.2 Å². The van der Waals surface area contributed by atoms with E-state index in [2.05, 4.69) is 25.3 Å². The Hall–Kier alpha value is -2.61. The first-order chi connectivity index (χ1) is 11.7. The lowest BCUT2D eigenvalue weighted by atomic mass is 10.3. The number of methoxy groups -OCH3 is 2. The van der Waals surface area contributed by atoms with Crippen molar-refractivity contribution in [3.05, 3.63) is 23.7 Å². The molecule has 1 fully saturated rings. The van der Waals surface area contributed by atoms with Crippen LogP contribution in [0.1, 0.15) is 18.9 Å². The molecule has 0 aromatic carbocycles. The molecule has 1 aliphatic rings. The summed E-state index contributed by atoms with van der Waals surface area (Å²) in [4.78, 5) is 17.2. The zero-order chi connectivity index (χ0) is 16.7. The Morgan fingerprint density at radius 1 is 1.12 bits per heavy atom. The van der Waals surface area contributed by atoms with Crippen LogP contribution in [-0.2, 0) is 0 Å². The summed E-state index contributed by atoms with van der Waals surface area (Å²) < 4.78 is 12.4. The zero-order valence-electron chi connectivity index (χ0n) is 13.2. The van der Waals surface area contributed by atoms with Crippen LogP contribution in [0, 0.1) is 0 Å². The Morgan fingerprint density at radius 3 is 2.46 bits per heavy atom.